The first kappa shape index (κ1) is 14.3. The Balaban J connectivity index is 2.10. The lowest BCUT2D eigenvalue weighted by molar-refractivity contribution is 0.0948. The van der Waals surface area contributed by atoms with Gasteiger partial charge in [-0.1, -0.05) is 34.1 Å². The van der Waals surface area contributed by atoms with Crippen LogP contribution in [-0.2, 0) is 6.54 Å². The predicted molar refractivity (Wildman–Crippen MR) is 86.1 cm³/mol. The molecule has 0 spiro atoms. The predicted octanol–water partition coefficient (Wildman–Crippen LogP) is 3.69. The maximum atomic E-state index is 12.0. The van der Waals surface area contributed by atoms with Gasteiger partial charge < -0.3 is 10.4 Å². The lowest BCUT2D eigenvalue weighted by Crippen LogP contribution is -2.23. The zero-order chi connectivity index (χ0) is 13.8. The molecule has 98 valence electrons. The van der Waals surface area contributed by atoms with Crippen molar-refractivity contribution in [2.75, 3.05) is 0 Å². The van der Waals surface area contributed by atoms with Crippen LogP contribution in [0.5, 0.6) is 5.75 Å². The van der Waals surface area contributed by atoms with Gasteiger partial charge in [0.25, 0.3) is 5.91 Å². The Kier molecular flexibility index (Phi) is 4.81. The quantitative estimate of drug-likeness (QED) is 0.728. The van der Waals surface area contributed by atoms with E-state index < -0.39 is 0 Å². The third kappa shape index (κ3) is 3.70. The van der Waals surface area contributed by atoms with Crippen LogP contribution >= 0.6 is 38.5 Å². The van der Waals surface area contributed by atoms with Gasteiger partial charge >= 0.3 is 0 Å². The van der Waals surface area contributed by atoms with Gasteiger partial charge in [0, 0.05) is 14.6 Å². The van der Waals surface area contributed by atoms with Gasteiger partial charge in [-0.3, -0.25) is 4.79 Å². The Morgan fingerprint density at radius 2 is 2.00 bits per heavy atom. The molecular weight excluding hydrogens is 421 g/mol. The molecule has 19 heavy (non-hydrogen) atoms. The second kappa shape index (κ2) is 6.38. The van der Waals surface area contributed by atoms with Crippen molar-refractivity contribution in [1.29, 1.82) is 0 Å². The fourth-order valence-electron chi connectivity index (χ4n) is 1.60. The molecule has 0 bridgehead atoms. The zero-order valence-electron chi connectivity index (χ0n) is 9.86. The molecule has 2 N–H and O–H groups in total. The Hall–Kier alpha value is -1.08. The molecule has 0 aliphatic heterocycles. The Bertz CT molecular complexity index is 616. The monoisotopic (exact) mass is 431 g/mol. The molecule has 0 fully saturated rings. The van der Waals surface area contributed by atoms with Crippen LogP contribution in [0.1, 0.15) is 15.9 Å². The number of phenols is 1. The van der Waals surface area contributed by atoms with Crippen LogP contribution in [0.15, 0.2) is 46.9 Å². The van der Waals surface area contributed by atoms with E-state index in [1.165, 1.54) is 6.07 Å². The molecule has 0 heterocycles. The van der Waals surface area contributed by atoms with Gasteiger partial charge in [0.05, 0.1) is 5.56 Å². The molecule has 0 aliphatic rings. The van der Waals surface area contributed by atoms with E-state index in [9.17, 15) is 9.90 Å². The number of benzene rings is 2. The number of nitrogens with one attached hydrogen (secondary N) is 1. The molecular formula is C14H11BrINO2. The average molecular weight is 432 g/mol. The van der Waals surface area contributed by atoms with Gasteiger partial charge in [-0.25, -0.2) is 0 Å². The standard InChI is InChI=1S/C14H11BrINO2/c15-12-4-2-1-3-9(12)8-17-14(19)11-7-10(16)5-6-13(11)18/h1-7,18H,8H2,(H,17,19). The van der Waals surface area contributed by atoms with Crippen LogP contribution in [0.2, 0.25) is 0 Å². The van der Waals surface area contributed by atoms with Gasteiger partial charge in [0.1, 0.15) is 5.75 Å². The van der Waals surface area contributed by atoms with Gasteiger partial charge in [0.15, 0.2) is 0 Å². The Morgan fingerprint density at radius 3 is 2.74 bits per heavy atom. The summed E-state index contributed by atoms with van der Waals surface area (Å²) in [6.07, 6.45) is 0. The molecule has 0 saturated carbocycles. The highest BCUT2D eigenvalue weighted by atomic mass is 127. The van der Waals surface area contributed by atoms with Gasteiger partial charge in [-0.15, -0.1) is 0 Å². The molecule has 2 aromatic rings. The van der Waals surface area contributed by atoms with Crippen LogP contribution in [-0.4, -0.2) is 11.0 Å². The summed E-state index contributed by atoms with van der Waals surface area (Å²) < 4.78 is 1.85. The van der Waals surface area contributed by atoms with Crippen LogP contribution in [0.25, 0.3) is 0 Å². The van der Waals surface area contributed by atoms with Crippen molar-refractivity contribution in [2.45, 2.75) is 6.54 Å². The molecule has 5 heteroatoms. The van der Waals surface area contributed by atoms with Gasteiger partial charge in [-0.05, 0) is 52.4 Å². The second-order valence-corrected chi connectivity index (χ2v) is 6.04. The third-order valence-corrected chi connectivity index (χ3v) is 4.05. The highest BCUT2D eigenvalue weighted by molar-refractivity contribution is 14.1. The van der Waals surface area contributed by atoms with Crippen LogP contribution in [0.4, 0.5) is 0 Å². The van der Waals surface area contributed by atoms with E-state index in [1.807, 2.05) is 24.3 Å². The number of phenolic OH excluding ortho intramolecular Hbond substituents is 1. The highest BCUT2D eigenvalue weighted by Crippen LogP contribution is 2.20. The van der Waals surface area contributed by atoms with Crippen molar-refractivity contribution in [3.63, 3.8) is 0 Å². The molecule has 0 unspecified atom stereocenters. The molecule has 1 amide bonds. The molecule has 0 saturated heterocycles. The lowest BCUT2D eigenvalue weighted by Gasteiger charge is -2.08. The molecule has 0 radical (unpaired) electrons. The molecule has 2 rings (SSSR count). The number of carbonyl (C=O) groups is 1. The van der Waals surface area contributed by atoms with E-state index >= 15 is 0 Å². The molecule has 0 aliphatic carbocycles. The first-order valence-corrected chi connectivity index (χ1v) is 7.45. The smallest absolute Gasteiger partial charge is 0.255 e. The zero-order valence-corrected chi connectivity index (χ0v) is 13.6. The minimum absolute atomic E-state index is 0.00922. The van der Waals surface area contributed by atoms with E-state index in [1.54, 1.807) is 12.1 Å². The van der Waals surface area contributed by atoms with Crippen molar-refractivity contribution < 1.29 is 9.90 Å². The average Bonchev–Trinajstić information content (AvgIpc) is 2.40. The fraction of sp³-hybridized carbons (Fsp3) is 0.0714. The highest BCUT2D eigenvalue weighted by Gasteiger charge is 2.11. The minimum Gasteiger partial charge on any atom is -0.507 e. The van der Waals surface area contributed by atoms with E-state index in [-0.39, 0.29) is 11.7 Å². The van der Waals surface area contributed by atoms with Crippen LogP contribution < -0.4 is 5.32 Å². The number of aromatic hydroxyl groups is 1. The summed E-state index contributed by atoms with van der Waals surface area (Å²) in [6, 6.07) is 12.6. The van der Waals surface area contributed by atoms with Crippen molar-refractivity contribution in [3.05, 3.63) is 61.6 Å². The Labute approximate surface area is 133 Å². The SMILES string of the molecule is O=C(NCc1ccccc1Br)c1cc(I)ccc1O. The summed E-state index contributed by atoms with van der Waals surface area (Å²) >= 11 is 5.53. The summed E-state index contributed by atoms with van der Waals surface area (Å²) in [5, 5.41) is 12.5. The normalized spacial score (nSPS) is 10.2. The van der Waals surface area contributed by atoms with Gasteiger partial charge in [0.2, 0.25) is 0 Å². The van der Waals surface area contributed by atoms with Gasteiger partial charge in [-0.2, -0.15) is 0 Å². The molecule has 3 nitrogen and oxygen atoms in total. The summed E-state index contributed by atoms with van der Waals surface area (Å²) in [4.78, 5) is 12.0. The fourth-order valence-corrected chi connectivity index (χ4v) is 2.52. The first-order chi connectivity index (χ1) is 9.08. The number of rotatable bonds is 3. The largest absolute Gasteiger partial charge is 0.507 e. The number of hydrogen-bond donors (Lipinski definition) is 2. The van der Waals surface area contributed by atoms with E-state index in [0.29, 0.717) is 12.1 Å². The molecule has 0 atom stereocenters. The molecule has 2 aromatic carbocycles. The topological polar surface area (TPSA) is 49.3 Å². The maximum Gasteiger partial charge on any atom is 0.255 e. The number of amides is 1. The number of halogens is 2. The van der Waals surface area contributed by atoms with Crippen molar-refractivity contribution >= 4 is 44.4 Å². The second-order valence-electron chi connectivity index (χ2n) is 3.94. The third-order valence-electron chi connectivity index (χ3n) is 2.60. The lowest BCUT2D eigenvalue weighted by atomic mass is 10.1. The summed E-state index contributed by atoms with van der Waals surface area (Å²) in [5.41, 5.74) is 1.28. The van der Waals surface area contributed by atoms with Crippen molar-refractivity contribution in [2.24, 2.45) is 0 Å². The summed E-state index contributed by atoms with van der Waals surface area (Å²) in [6.45, 7) is 0.408. The summed E-state index contributed by atoms with van der Waals surface area (Å²) in [7, 11) is 0. The van der Waals surface area contributed by atoms with E-state index in [4.69, 9.17) is 0 Å². The minimum atomic E-state index is -0.285. The molecule has 0 aromatic heterocycles. The van der Waals surface area contributed by atoms with Crippen LogP contribution in [0, 0.1) is 3.57 Å². The van der Waals surface area contributed by atoms with Crippen molar-refractivity contribution in [1.82, 2.24) is 5.32 Å². The number of hydrogen-bond acceptors (Lipinski definition) is 2. The Morgan fingerprint density at radius 1 is 1.26 bits per heavy atom. The maximum absolute atomic E-state index is 12.0. The van der Waals surface area contributed by atoms with Crippen LogP contribution in [0.3, 0.4) is 0 Å². The van der Waals surface area contributed by atoms with E-state index in [0.717, 1.165) is 13.6 Å². The first-order valence-electron chi connectivity index (χ1n) is 5.58. The van der Waals surface area contributed by atoms with E-state index in [2.05, 4.69) is 43.8 Å². The number of carbonyl (C=O) groups excluding carboxylic acids is 1. The van der Waals surface area contributed by atoms with Crippen molar-refractivity contribution in [3.8, 4) is 5.75 Å². The summed E-state index contributed by atoms with van der Waals surface area (Å²) in [5.74, 6) is -0.295.